The van der Waals surface area contributed by atoms with Crippen LogP contribution < -0.4 is 21.8 Å². The van der Waals surface area contributed by atoms with Crippen LogP contribution in [0.4, 0.5) is 11.4 Å². The number of hydrogen-bond acceptors (Lipinski definition) is 7. The predicted octanol–water partition coefficient (Wildman–Crippen LogP) is 1.54. The third kappa shape index (κ3) is 4.24. The van der Waals surface area contributed by atoms with E-state index >= 15 is 0 Å². The Labute approximate surface area is 218 Å². The van der Waals surface area contributed by atoms with E-state index in [4.69, 9.17) is 0 Å². The first-order chi connectivity index (χ1) is 18.1. The van der Waals surface area contributed by atoms with Crippen molar-refractivity contribution in [1.29, 1.82) is 0 Å². The summed E-state index contributed by atoms with van der Waals surface area (Å²) in [6.07, 6.45) is 1.27. The van der Waals surface area contributed by atoms with Crippen molar-refractivity contribution in [1.82, 2.24) is 23.6 Å². The van der Waals surface area contributed by atoms with Crippen molar-refractivity contribution in [3.05, 3.63) is 78.3 Å². The Morgan fingerprint density at radius 2 is 1.55 bits per heavy atom. The maximum atomic E-state index is 12.8. The van der Waals surface area contributed by atoms with Crippen molar-refractivity contribution in [3.8, 4) is 11.6 Å². The van der Waals surface area contributed by atoms with Gasteiger partial charge in [0.05, 0.1) is 28.1 Å². The lowest BCUT2D eigenvalue weighted by molar-refractivity contribution is 0.313. The molecule has 1 aliphatic rings. The number of fused-ring (bicyclic) bond motifs is 1. The number of aliphatic imine (C=N–C) groups is 1. The highest BCUT2D eigenvalue weighted by atomic mass is 16.3. The lowest BCUT2D eigenvalue weighted by atomic mass is 10.1. The van der Waals surface area contributed by atoms with Gasteiger partial charge in [-0.2, -0.15) is 0 Å². The molecule has 0 saturated carbocycles. The van der Waals surface area contributed by atoms with Gasteiger partial charge in [-0.05, 0) is 44.7 Å². The van der Waals surface area contributed by atoms with Crippen LogP contribution in [0.3, 0.4) is 0 Å². The second-order valence-electron chi connectivity index (χ2n) is 9.90. The van der Waals surface area contributed by atoms with Crippen LogP contribution in [0.5, 0.6) is 5.88 Å². The molecule has 1 fully saturated rings. The second-order valence-corrected chi connectivity index (χ2v) is 9.90. The summed E-state index contributed by atoms with van der Waals surface area (Å²) in [6.45, 7) is 7.05. The third-order valence-electron chi connectivity index (χ3n) is 7.26. The van der Waals surface area contributed by atoms with Gasteiger partial charge in [0.1, 0.15) is 5.56 Å². The smallest absolute Gasteiger partial charge is 0.335 e. The monoisotopic (exact) mass is 517 g/mol. The van der Waals surface area contributed by atoms with Gasteiger partial charge < -0.3 is 14.9 Å². The van der Waals surface area contributed by atoms with Crippen LogP contribution in [0.25, 0.3) is 16.7 Å². The van der Waals surface area contributed by atoms with E-state index in [0.717, 1.165) is 53.1 Å². The van der Waals surface area contributed by atoms with E-state index in [0.29, 0.717) is 16.9 Å². The number of H-pyrrole nitrogens is 1. The van der Waals surface area contributed by atoms with E-state index in [1.807, 2.05) is 38.1 Å². The number of aryl methyl sites for hydroxylation is 4. The van der Waals surface area contributed by atoms with Gasteiger partial charge in [0.25, 0.3) is 5.56 Å². The molecule has 38 heavy (non-hydrogen) atoms. The van der Waals surface area contributed by atoms with Crippen LogP contribution in [0, 0.1) is 13.8 Å². The van der Waals surface area contributed by atoms with E-state index in [-0.39, 0.29) is 11.3 Å². The van der Waals surface area contributed by atoms with Gasteiger partial charge in [-0.25, -0.2) is 14.2 Å². The van der Waals surface area contributed by atoms with Gasteiger partial charge in [-0.3, -0.25) is 23.9 Å². The van der Waals surface area contributed by atoms with Gasteiger partial charge >= 0.3 is 11.4 Å². The van der Waals surface area contributed by atoms with Gasteiger partial charge in [-0.15, -0.1) is 0 Å². The fourth-order valence-electron chi connectivity index (χ4n) is 5.00. The molecule has 3 heterocycles. The number of hydrogen-bond donors (Lipinski definition) is 2. The zero-order valence-electron chi connectivity index (χ0n) is 22.1. The number of nitrogens with zero attached hydrogens (tertiary/aromatic N) is 6. The maximum absolute atomic E-state index is 12.8. The predicted molar refractivity (Wildman–Crippen MR) is 149 cm³/mol. The van der Waals surface area contributed by atoms with Crippen LogP contribution in [-0.4, -0.2) is 68.1 Å². The molecule has 5 rings (SSSR count). The molecule has 0 spiro atoms. The normalized spacial score (nSPS) is 14.7. The molecule has 0 amide bonds. The molecule has 198 valence electrons. The van der Waals surface area contributed by atoms with Crippen molar-refractivity contribution < 1.29 is 5.11 Å². The fourth-order valence-corrected chi connectivity index (χ4v) is 5.00. The van der Waals surface area contributed by atoms with E-state index in [9.17, 15) is 19.5 Å². The minimum absolute atomic E-state index is 0.143. The Hall–Kier alpha value is -4.38. The topological polar surface area (TPSA) is 121 Å². The molecule has 1 aliphatic heterocycles. The van der Waals surface area contributed by atoms with E-state index in [1.165, 1.54) is 6.21 Å². The van der Waals surface area contributed by atoms with Crippen LogP contribution >= 0.6 is 0 Å². The quantitative estimate of drug-likeness (QED) is 0.396. The molecule has 2 aromatic carbocycles. The van der Waals surface area contributed by atoms with Gasteiger partial charge in [-0.1, -0.05) is 17.7 Å². The molecule has 0 aliphatic carbocycles. The highest BCUT2D eigenvalue weighted by molar-refractivity contribution is 5.92. The van der Waals surface area contributed by atoms with Gasteiger partial charge in [0.15, 0.2) is 0 Å². The Bertz CT molecular complexity index is 1770. The third-order valence-corrected chi connectivity index (χ3v) is 7.26. The summed E-state index contributed by atoms with van der Waals surface area (Å²) in [7, 11) is 5.50. The molecule has 0 atom stereocenters. The van der Waals surface area contributed by atoms with E-state index < -0.39 is 17.1 Å². The Balaban J connectivity index is 1.67. The summed E-state index contributed by atoms with van der Waals surface area (Å²) in [4.78, 5) is 49.4. The largest absolute Gasteiger partial charge is 0.493 e. The number of imidazole rings is 1. The molecule has 11 nitrogen and oxygen atoms in total. The standard InChI is InChI=1S/C27H31N7O4/c1-16-6-7-20(17(2)12-16)34-25(36)18(24(35)29-26(34)37)15-28-19-13-22-23(32(5)27(38)31(22)4)14-21(19)33-10-8-30(3)9-11-33/h6-7,12-15,36H,8-11H2,1-5H3,(H,29,35,37). The molecular weight excluding hydrogens is 486 g/mol. The number of aromatic amines is 1. The SMILES string of the molecule is Cc1ccc(-n2c(O)c(C=Nc3cc4c(cc3N3CCN(C)CC3)n(C)c(=O)n4C)c(=O)[nH]c2=O)c(C)c1. The van der Waals surface area contributed by atoms with Crippen LogP contribution in [0.1, 0.15) is 16.7 Å². The minimum atomic E-state index is -0.744. The van der Waals surface area contributed by atoms with Crippen molar-refractivity contribution in [2.24, 2.45) is 19.1 Å². The average molecular weight is 518 g/mol. The summed E-state index contributed by atoms with van der Waals surface area (Å²) >= 11 is 0. The Morgan fingerprint density at radius 1 is 0.895 bits per heavy atom. The van der Waals surface area contributed by atoms with Crippen molar-refractivity contribution in [2.45, 2.75) is 13.8 Å². The van der Waals surface area contributed by atoms with Crippen molar-refractivity contribution in [3.63, 3.8) is 0 Å². The minimum Gasteiger partial charge on any atom is -0.493 e. The zero-order chi connectivity index (χ0) is 27.3. The summed E-state index contributed by atoms with van der Waals surface area (Å²) in [6, 6.07) is 9.19. The van der Waals surface area contributed by atoms with E-state index in [1.54, 1.807) is 29.3 Å². The average Bonchev–Trinajstić information content (AvgIpc) is 3.08. The van der Waals surface area contributed by atoms with Gasteiger partial charge in [0.2, 0.25) is 5.88 Å². The number of nitrogens with one attached hydrogen (secondary N) is 1. The molecule has 4 aromatic rings. The number of aromatic hydroxyl groups is 1. The first-order valence-electron chi connectivity index (χ1n) is 12.4. The Morgan fingerprint density at radius 3 is 2.21 bits per heavy atom. The first kappa shape index (κ1) is 25.3. The van der Waals surface area contributed by atoms with Crippen molar-refractivity contribution >= 4 is 28.6 Å². The molecule has 2 N–H and O–H groups in total. The molecule has 0 unspecified atom stereocenters. The number of anilines is 1. The summed E-state index contributed by atoms with van der Waals surface area (Å²) in [5.41, 5.74) is 3.29. The van der Waals surface area contributed by atoms with E-state index in [2.05, 4.69) is 26.8 Å². The van der Waals surface area contributed by atoms with Crippen LogP contribution in [-0.2, 0) is 14.1 Å². The summed E-state index contributed by atoms with van der Waals surface area (Å²) in [5, 5.41) is 11.1. The maximum Gasteiger partial charge on any atom is 0.335 e. The lowest BCUT2D eigenvalue weighted by Crippen LogP contribution is -2.44. The number of rotatable bonds is 4. The highest BCUT2D eigenvalue weighted by Gasteiger charge is 2.21. The van der Waals surface area contributed by atoms with Crippen molar-refractivity contribution in [2.75, 3.05) is 38.1 Å². The van der Waals surface area contributed by atoms with Crippen LogP contribution in [0.2, 0.25) is 0 Å². The number of aromatic nitrogens is 4. The number of likely N-dealkylation sites (N-methyl/N-ethyl adjacent to an activating group) is 1. The Kier molecular flexibility index (Phi) is 6.31. The zero-order valence-corrected chi connectivity index (χ0v) is 22.1. The molecule has 1 saturated heterocycles. The van der Waals surface area contributed by atoms with Gasteiger partial charge in [0, 0.05) is 46.5 Å². The molecular formula is C27H31N7O4. The fraction of sp³-hybridized carbons (Fsp3) is 0.333. The van der Waals surface area contributed by atoms with Crippen LogP contribution in [0.15, 0.2) is 49.7 Å². The summed E-state index contributed by atoms with van der Waals surface area (Å²) in [5.74, 6) is -0.496. The summed E-state index contributed by atoms with van der Waals surface area (Å²) < 4.78 is 4.22. The highest BCUT2D eigenvalue weighted by Crippen LogP contribution is 2.34. The number of piperazine rings is 1. The molecule has 11 heteroatoms. The molecule has 0 radical (unpaired) electrons. The first-order valence-corrected chi connectivity index (χ1v) is 12.4. The molecule has 2 aromatic heterocycles. The molecule has 0 bridgehead atoms. The second kappa shape index (κ2) is 9.49. The number of benzene rings is 2. The lowest BCUT2D eigenvalue weighted by Gasteiger charge is -2.34.